The number of hydrogen-bond donors (Lipinski definition) is 1. The van der Waals surface area contributed by atoms with Crippen LogP contribution < -0.4 is 10.6 Å². The van der Waals surface area contributed by atoms with Crippen LogP contribution in [0.25, 0.3) is 0 Å². The van der Waals surface area contributed by atoms with E-state index in [1.807, 2.05) is 24.3 Å². The Morgan fingerprint density at radius 1 is 1.25 bits per heavy atom. The fourth-order valence-corrected chi connectivity index (χ4v) is 3.50. The molecule has 2 N–H and O–H groups in total. The van der Waals surface area contributed by atoms with Gasteiger partial charge in [-0.3, -0.25) is 0 Å². The number of rotatable bonds is 3. The fraction of sp³-hybridized carbons (Fsp3) is 0.462. The van der Waals surface area contributed by atoms with Gasteiger partial charge in [-0.1, -0.05) is 12.1 Å². The van der Waals surface area contributed by atoms with E-state index in [2.05, 4.69) is 4.90 Å². The van der Waals surface area contributed by atoms with Gasteiger partial charge in [-0.05, 0) is 19.1 Å². The summed E-state index contributed by atoms with van der Waals surface area (Å²) in [4.78, 5) is 2.07. The molecule has 1 aromatic rings. The lowest BCUT2D eigenvalue weighted by atomic mass is 10.2. The zero-order valence-electron chi connectivity index (χ0n) is 11.4. The molecule has 6 nitrogen and oxygen atoms in total. The quantitative estimate of drug-likeness (QED) is 0.826. The molecule has 1 aliphatic rings. The number of nitrogen functional groups attached to an aromatic ring is 1. The average molecular weight is 294 g/mol. The molecule has 0 aliphatic carbocycles. The van der Waals surface area contributed by atoms with Crippen molar-refractivity contribution in [1.82, 2.24) is 4.31 Å². The molecule has 108 valence electrons. The van der Waals surface area contributed by atoms with Crippen LogP contribution in [0.2, 0.25) is 0 Å². The molecule has 0 radical (unpaired) electrons. The highest BCUT2D eigenvalue weighted by Crippen LogP contribution is 2.24. The van der Waals surface area contributed by atoms with Crippen LogP contribution in [0, 0.1) is 11.3 Å². The maximum Gasteiger partial charge on any atom is 0.230 e. The van der Waals surface area contributed by atoms with E-state index in [0.717, 1.165) is 5.69 Å². The Labute approximate surface area is 119 Å². The zero-order valence-corrected chi connectivity index (χ0v) is 12.2. The van der Waals surface area contributed by atoms with Gasteiger partial charge in [0.15, 0.2) is 5.25 Å². The van der Waals surface area contributed by atoms with E-state index in [4.69, 9.17) is 11.0 Å². The van der Waals surface area contributed by atoms with Crippen LogP contribution in [0.1, 0.15) is 6.92 Å². The molecule has 1 saturated heterocycles. The average Bonchev–Trinajstić information content (AvgIpc) is 2.47. The fourth-order valence-electron chi connectivity index (χ4n) is 2.25. The van der Waals surface area contributed by atoms with Gasteiger partial charge in [0, 0.05) is 26.2 Å². The van der Waals surface area contributed by atoms with Gasteiger partial charge < -0.3 is 10.6 Å². The third-order valence-electron chi connectivity index (χ3n) is 3.50. The molecule has 1 unspecified atom stereocenters. The highest BCUT2D eigenvalue weighted by molar-refractivity contribution is 7.89. The number of anilines is 2. The van der Waals surface area contributed by atoms with Crippen LogP contribution >= 0.6 is 0 Å². The normalized spacial score (nSPS) is 18.5. The van der Waals surface area contributed by atoms with Gasteiger partial charge in [-0.15, -0.1) is 0 Å². The largest absolute Gasteiger partial charge is 0.397 e. The number of nitriles is 1. The summed E-state index contributed by atoms with van der Waals surface area (Å²) in [5.41, 5.74) is 7.54. The summed E-state index contributed by atoms with van der Waals surface area (Å²) in [6.07, 6.45) is 0. The Morgan fingerprint density at radius 3 is 2.40 bits per heavy atom. The van der Waals surface area contributed by atoms with Crippen LogP contribution in [0.3, 0.4) is 0 Å². The molecule has 1 fully saturated rings. The van der Waals surface area contributed by atoms with Gasteiger partial charge >= 0.3 is 0 Å². The molecule has 0 aromatic heterocycles. The minimum atomic E-state index is -3.51. The molecule has 0 amide bonds. The predicted octanol–water partition coefficient (Wildman–Crippen LogP) is 0.633. The third kappa shape index (κ3) is 2.71. The van der Waals surface area contributed by atoms with Crippen LogP contribution in [-0.2, 0) is 10.0 Å². The van der Waals surface area contributed by atoms with Crippen molar-refractivity contribution in [3.63, 3.8) is 0 Å². The molecule has 1 aliphatic heterocycles. The highest BCUT2D eigenvalue weighted by atomic mass is 32.2. The van der Waals surface area contributed by atoms with Gasteiger partial charge in [0.1, 0.15) is 0 Å². The van der Waals surface area contributed by atoms with Crippen molar-refractivity contribution in [3.05, 3.63) is 24.3 Å². The molecular formula is C13H18N4O2S. The topological polar surface area (TPSA) is 90.4 Å². The zero-order chi connectivity index (χ0) is 14.8. The lowest BCUT2D eigenvalue weighted by Crippen LogP contribution is -2.50. The molecule has 1 atom stereocenters. The molecule has 0 spiro atoms. The van der Waals surface area contributed by atoms with Crippen molar-refractivity contribution in [2.45, 2.75) is 12.2 Å². The van der Waals surface area contributed by atoms with E-state index in [1.165, 1.54) is 11.2 Å². The first-order valence-electron chi connectivity index (χ1n) is 6.45. The van der Waals surface area contributed by atoms with Crippen molar-refractivity contribution >= 4 is 21.4 Å². The van der Waals surface area contributed by atoms with E-state index in [-0.39, 0.29) is 0 Å². The molecule has 1 heterocycles. The summed E-state index contributed by atoms with van der Waals surface area (Å²) in [7, 11) is -3.51. The van der Waals surface area contributed by atoms with Gasteiger partial charge in [0.2, 0.25) is 10.0 Å². The first-order valence-corrected chi connectivity index (χ1v) is 7.95. The van der Waals surface area contributed by atoms with Crippen molar-refractivity contribution in [2.24, 2.45) is 0 Å². The van der Waals surface area contributed by atoms with Crippen LogP contribution in [-0.4, -0.2) is 44.2 Å². The van der Waals surface area contributed by atoms with Crippen molar-refractivity contribution in [1.29, 1.82) is 5.26 Å². The Balaban J connectivity index is 2.07. The number of hydrogen-bond acceptors (Lipinski definition) is 5. The first kappa shape index (κ1) is 14.6. The first-order chi connectivity index (χ1) is 9.46. The van der Waals surface area contributed by atoms with Gasteiger partial charge in [0.05, 0.1) is 17.4 Å². The molecule has 0 saturated carbocycles. The summed E-state index contributed by atoms with van der Waals surface area (Å²) < 4.78 is 25.6. The van der Waals surface area contributed by atoms with E-state index in [1.54, 1.807) is 6.07 Å². The number of benzene rings is 1. The standard InChI is InChI=1S/C13H18N4O2S/c1-11(10-14)20(18,19)17-8-6-16(7-9-17)13-5-3-2-4-12(13)15/h2-5,11H,6-9,15H2,1H3. The molecule has 20 heavy (non-hydrogen) atoms. The van der Waals surface area contributed by atoms with E-state index >= 15 is 0 Å². The predicted molar refractivity (Wildman–Crippen MR) is 78.6 cm³/mol. The second-order valence-electron chi connectivity index (χ2n) is 4.76. The smallest absolute Gasteiger partial charge is 0.230 e. The second-order valence-corrected chi connectivity index (χ2v) is 7.01. The number of sulfonamides is 1. The van der Waals surface area contributed by atoms with E-state index < -0.39 is 15.3 Å². The molecule has 2 rings (SSSR count). The summed E-state index contributed by atoms with van der Waals surface area (Å²) in [5.74, 6) is 0. The maximum atomic E-state index is 12.1. The molecular weight excluding hydrogens is 276 g/mol. The Kier molecular flexibility index (Phi) is 4.16. The summed E-state index contributed by atoms with van der Waals surface area (Å²) >= 11 is 0. The van der Waals surface area contributed by atoms with Crippen LogP contribution in [0.4, 0.5) is 11.4 Å². The monoisotopic (exact) mass is 294 g/mol. The number of nitrogens with two attached hydrogens (primary N) is 1. The Morgan fingerprint density at radius 2 is 1.85 bits per heavy atom. The van der Waals surface area contributed by atoms with E-state index in [0.29, 0.717) is 31.9 Å². The maximum absolute atomic E-state index is 12.1. The summed E-state index contributed by atoms with van der Waals surface area (Å²) in [6.45, 7) is 3.32. The third-order valence-corrected chi connectivity index (χ3v) is 5.59. The van der Waals surface area contributed by atoms with Crippen molar-refractivity contribution in [2.75, 3.05) is 36.8 Å². The lowest BCUT2D eigenvalue weighted by Gasteiger charge is -2.36. The summed E-state index contributed by atoms with van der Waals surface area (Å²) in [6, 6.07) is 9.33. The number of piperazine rings is 1. The number of para-hydroxylation sites is 2. The van der Waals surface area contributed by atoms with Gasteiger partial charge in [-0.25, -0.2) is 8.42 Å². The highest BCUT2D eigenvalue weighted by Gasteiger charge is 2.31. The lowest BCUT2D eigenvalue weighted by molar-refractivity contribution is 0.383. The SMILES string of the molecule is CC(C#N)S(=O)(=O)N1CCN(c2ccccc2N)CC1. The Bertz CT molecular complexity index is 616. The van der Waals surface area contributed by atoms with Crippen molar-refractivity contribution in [3.8, 4) is 6.07 Å². The summed E-state index contributed by atoms with van der Waals surface area (Å²) in [5, 5.41) is 7.78. The van der Waals surface area contributed by atoms with Crippen LogP contribution in [0.15, 0.2) is 24.3 Å². The minimum Gasteiger partial charge on any atom is -0.397 e. The van der Waals surface area contributed by atoms with Crippen LogP contribution in [0.5, 0.6) is 0 Å². The molecule has 1 aromatic carbocycles. The van der Waals surface area contributed by atoms with Crippen molar-refractivity contribution < 1.29 is 8.42 Å². The van der Waals surface area contributed by atoms with E-state index in [9.17, 15) is 8.42 Å². The van der Waals surface area contributed by atoms with Gasteiger partial charge in [0.25, 0.3) is 0 Å². The Hall–Kier alpha value is -1.78. The molecule has 7 heteroatoms. The second kappa shape index (κ2) is 5.69. The van der Waals surface area contributed by atoms with Gasteiger partial charge in [-0.2, -0.15) is 9.57 Å². The number of nitrogens with zero attached hydrogens (tertiary/aromatic N) is 3. The minimum absolute atomic E-state index is 0.378. The molecule has 0 bridgehead atoms.